The first-order valence-corrected chi connectivity index (χ1v) is 15.6. The van der Waals surface area contributed by atoms with Gasteiger partial charge in [-0.2, -0.15) is 11.3 Å². The summed E-state index contributed by atoms with van der Waals surface area (Å²) in [7, 11) is 0. The summed E-state index contributed by atoms with van der Waals surface area (Å²) in [5, 5.41) is 13.4. The van der Waals surface area contributed by atoms with Crippen LogP contribution in [0, 0.1) is 6.92 Å². The third-order valence-corrected chi connectivity index (χ3v) is 8.11. The number of rotatable bonds is 12. The Morgan fingerprint density at radius 3 is 2.43 bits per heavy atom. The smallest absolute Gasteiger partial charge is 0.335 e. The number of aliphatic imine (C=N–C) groups is 1. The fourth-order valence-corrected chi connectivity index (χ4v) is 5.51. The Morgan fingerprint density at radius 1 is 0.957 bits per heavy atom. The molecule has 1 aliphatic rings. The summed E-state index contributed by atoms with van der Waals surface area (Å²) in [5.74, 6) is -2.11. The van der Waals surface area contributed by atoms with Gasteiger partial charge in [0.1, 0.15) is 0 Å². The predicted molar refractivity (Wildman–Crippen MR) is 185 cm³/mol. The highest BCUT2D eigenvalue weighted by molar-refractivity contribution is 7.07. The van der Waals surface area contributed by atoms with Crippen molar-refractivity contribution in [3.05, 3.63) is 148 Å². The Balaban J connectivity index is 0.00000235. The molecule has 0 fully saturated rings. The number of hydrogen-bond donors (Lipinski definition) is 1. The number of carboxylic acid groups (broad SMARTS) is 1. The van der Waals surface area contributed by atoms with Gasteiger partial charge in [0.15, 0.2) is 0 Å². The monoisotopic (exact) mass is 632 g/mol. The average molecular weight is 633 g/mol. The molecule has 0 bridgehead atoms. The first kappa shape index (κ1) is 33.7. The van der Waals surface area contributed by atoms with E-state index in [1.165, 1.54) is 18.2 Å². The van der Waals surface area contributed by atoms with E-state index in [-0.39, 0.29) is 23.2 Å². The summed E-state index contributed by atoms with van der Waals surface area (Å²) in [6.07, 6.45) is 6.30. The van der Waals surface area contributed by atoms with E-state index in [1.54, 1.807) is 11.3 Å². The van der Waals surface area contributed by atoms with Gasteiger partial charge in [0.05, 0.1) is 35.6 Å². The number of aromatic carboxylic acids is 1. The van der Waals surface area contributed by atoms with E-state index in [1.807, 2.05) is 67.8 Å². The molecule has 0 atom stereocenters. The summed E-state index contributed by atoms with van der Waals surface area (Å²) >= 11 is 1.63. The first-order valence-electron chi connectivity index (χ1n) is 14.7. The molecule has 7 nitrogen and oxygen atoms in total. The highest BCUT2D eigenvalue weighted by Crippen LogP contribution is 2.29. The number of fused-ring (bicyclic) bond motifs is 1. The molecular formula is C38H36N2O5S. The number of benzene rings is 3. The summed E-state index contributed by atoms with van der Waals surface area (Å²) in [5.41, 5.74) is 7.03. The summed E-state index contributed by atoms with van der Waals surface area (Å²) < 4.78 is 5.75. The zero-order valence-corrected chi connectivity index (χ0v) is 26.8. The number of amides is 2. The SMILES string of the molecule is C=C.CC(=Nc1cc(-c2ccccc2)ccc1C)/C(=C/CN1C(=O)c2ccc(C(=O)O)cc2C1=O)C/C=C\COCc1ccsc1. The van der Waals surface area contributed by atoms with Gasteiger partial charge in [-0.3, -0.25) is 19.5 Å². The van der Waals surface area contributed by atoms with Gasteiger partial charge in [0.25, 0.3) is 11.8 Å². The van der Waals surface area contributed by atoms with E-state index < -0.39 is 17.8 Å². The van der Waals surface area contributed by atoms with E-state index in [9.17, 15) is 19.5 Å². The number of carbonyl (C=O) groups is 3. The number of allylic oxidation sites excluding steroid dienone is 2. The second kappa shape index (κ2) is 16.2. The van der Waals surface area contributed by atoms with Gasteiger partial charge in [0, 0.05) is 12.3 Å². The maximum Gasteiger partial charge on any atom is 0.335 e. The highest BCUT2D eigenvalue weighted by atomic mass is 32.1. The fourth-order valence-electron chi connectivity index (χ4n) is 4.86. The Bertz CT molecular complexity index is 1790. The minimum Gasteiger partial charge on any atom is -0.478 e. The average Bonchev–Trinajstić information content (AvgIpc) is 3.68. The van der Waals surface area contributed by atoms with Gasteiger partial charge in [-0.25, -0.2) is 4.79 Å². The molecule has 0 unspecified atom stereocenters. The Hall–Kier alpha value is -5.18. The molecular weight excluding hydrogens is 596 g/mol. The largest absolute Gasteiger partial charge is 0.478 e. The lowest BCUT2D eigenvalue weighted by Gasteiger charge is -2.13. The van der Waals surface area contributed by atoms with E-state index in [0.717, 1.165) is 44.1 Å². The lowest BCUT2D eigenvalue weighted by atomic mass is 10.0. The van der Waals surface area contributed by atoms with Crippen LogP contribution in [-0.4, -0.2) is 46.7 Å². The van der Waals surface area contributed by atoms with Crippen LogP contribution in [0.2, 0.25) is 0 Å². The van der Waals surface area contributed by atoms with Gasteiger partial charge in [-0.15, -0.1) is 13.2 Å². The molecule has 3 aromatic carbocycles. The van der Waals surface area contributed by atoms with Gasteiger partial charge < -0.3 is 9.84 Å². The van der Waals surface area contributed by atoms with Crippen LogP contribution in [0.4, 0.5) is 5.69 Å². The molecule has 5 rings (SSSR count). The summed E-state index contributed by atoms with van der Waals surface area (Å²) in [6, 6.07) is 22.3. The number of thiophene rings is 1. The van der Waals surface area contributed by atoms with Crippen molar-refractivity contribution in [3.63, 3.8) is 0 Å². The molecule has 46 heavy (non-hydrogen) atoms. The van der Waals surface area contributed by atoms with Crippen LogP contribution >= 0.6 is 11.3 Å². The summed E-state index contributed by atoms with van der Waals surface area (Å²) in [6.45, 7) is 10.9. The highest BCUT2D eigenvalue weighted by Gasteiger charge is 2.35. The van der Waals surface area contributed by atoms with Gasteiger partial charge in [-0.1, -0.05) is 60.7 Å². The minimum absolute atomic E-state index is 0.0302. The Labute approximate surface area is 273 Å². The van der Waals surface area contributed by atoms with E-state index >= 15 is 0 Å². The lowest BCUT2D eigenvalue weighted by Crippen LogP contribution is -2.30. The minimum atomic E-state index is -1.15. The zero-order valence-electron chi connectivity index (χ0n) is 25.9. The van der Waals surface area contributed by atoms with Crippen LogP contribution < -0.4 is 0 Å². The van der Waals surface area contributed by atoms with E-state index in [2.05, 4.69) is 42.8 Å². The molecule has 4 aromatic rings. The molecule has 234 valence electrons. The standard InChI is InChI=1S/C36H32N2O5S.C2H4/c1-24-11-12-29(28-9-4-3-5-10-28)21-33(24)37-25(2)27(8-6-7-18-43-22-26-16-19-44-23-26)15-17-38-34(39)31-14-13-30(36(41)42)20-32(31)35(38)40;1-2/h3-7,9-16,19-21,23H,8,17-18,22H2,1-2H3,(H,41,42);1-2H2/b7-6-,27-15+,37-25?;. The van der Waals surface area contributed by atoms with Crippen LogP contribution in [0.15, 0.2) is 126 Å². The van der Waals surface area contributed by atoms with E-state index in [0.29, 0.717) is 19.6 Å². The van der Waals surface area contributed by atoms with Crippen LogP contribution in [0.3, 0.4) is 0 Å². The number of imide groups is 1. The van der Waals surface area contributed by atoms with Crippen molar-refractivity contribution < 1.29 is 24.2 Å². The molecule has 2 heterocycles. The molecule has 0 aliphatic carbocycles. The van der Waals surface area contributed by atoms with Gasteiger partial charge in [0.2, 0.25) is 0 Å². The quantitative estimate of drug-likeness (QED) is 0.0730. The van der Waals surface area contributed by atoms with Crippen molar-refractivity contribution in [3.8, 4) is 11.1 Å². The van der Waals surface area contributed by atoms with Crippen molar-refractivity contribution in [1.82, 2.24) is 4.90 Å². The van der Waals surface area contributed by atoms with Crippen LogP contribution in [0.1, 0.15) is 55.5 Å². The van der Waals surface area contributed by atoms with Crippen LogP contribution in [0.25, 0.3) is 11.1 Å². The molecule has 0 spiro atoms. The third-order valence-electron chi connectivity index (χ3n) is 7.37. The number of carboxylic acids is 1. The number of hydrogen-bond acceptors (Lipinski definition) is 6. The van der Waals surface area contributed by atoms with E-state index in [4.69, 9.17) is 9.73 Å². The number of ether oxygens (including phenoxy) is 1. The normalized spacial score (nSPS) is 13.1. The van der Waals surface area contributed by atoms with Crippen molar-refractivity contribution in [2.45, 2.75) is 26.9 Å². The van der Waals surface area contributed by atoms with Crippen molar-refractivity contribution >= 4 is 40.5 Å². The fraction of sp³-hybridized carbons (Fsp3) is 0.158. The molecule has 8 heteroatoms. The van der Waals surface area contributed by atoms with Crippen molar-refractivity contribution in [1.29, 1.82) is 0 Å². The molecule has 1 N–H and O–H groups in total. The van der Waals surface area contributed by atoms with Crippen molar-refractivity contribution in [2.75, 3.05) is 13.2 Å². The maximum atomic E-state index is 13.1. The lowest BCUT2D eigenvalue weighted by molar-refractivity contribution is 0.0668. The first-order chi connectivity index (χ1) is 22.3. The number of carbonyl (C=O) groups excluding carboxylic acids is 2. The topological polar surface area (TPSA) is 96.3 Å². The third kappa shape index (κ3) is 8.29. The van der Waals surface area contributed by atoms with Crippen LogP contribution in [0.5, 0.6) is 0 Å². The zero-order chi connectivity index (χ0) is 33.1. The molecule has 1 aliphatic heterocycles. The molecule has 0 saturated carbocycles. The molecule has 0 saturated heterocycles. The van der Waals surface area contributed by atoms with Crippen LogP contribution in [-0.2, 0) is 11.3 Å². The number of nitrogens with zero attached hydrogens (tertiary/aromatic N) is 2. The summed E-state index contributed by atoms with van der Waals surface area (Å²) in [4.78, 5) is 43.7. The Kier molecular flexibility index (Phi) is 11.9. The number of aryl methyl sites for hydroxylation is 1. The second-order valence-electron chi connectivity index (χ2n) is 10.4. The molecule has 2 amide bonds. The van der Waals surface area contributed by atoms with Gasteiger partial charge in [-0.05, 0) is 89.2 Å². The Morgan fingerprint density at radius 2 is 1.72 bits per heavy atom. The maximum absolute atomic E-state index is 13.1. The van der Waals surface area contributed by atoms with Crippen molar-refractivity contribution in [2.24, 2.45) is 4.99 Å². The second-order valence-corrected chi connectivity index (χ2v) is 11.2. The predicted octanol–water partition coefficient (Wildman–Crippen LogP) is 8.70. The molecule has 0 radical (unpaired) electrons. The molecule has 1 aromatic heterocycles. The van der Waals surface area contributed by atoms with Gasteiger partial charge >= 0.3 is 5.97 Å².